The van der Waals surface area contributed by atoms with E-state index >= 15 is 0 Å². The van der Waals surface area contributed by atoms with Gasteiger partial charge >= 0.3 is 0 Å². The molecule has 0 saturated carbocycles. The van der Waals surface area contributed by atoms with Crippen molar-refractivity contribution < 1.29 is 9.18 Å². The zero-order valence-electron chi connectivity index (χ0n) is 10.8. The molecule has 19 heavy (non-hydrogen) atoms. The van der Waals surface area contributed by atoms with Gasteiger partial charge in [0, 0.05) is 11.3 Å². The lowest BCUT2D eigenvalue weighted by Crippen LogP contribution is -2.16. The van der Waals surface area contributed by atoms with Crippen LogP contribution in [0, 0.1) is 19.7 Å². The summed E-state index contributed by atoms with van der Waals surface area (Å²) in [6, 6.07) is 9.65. The van der Waals surface area contributed by atoms with Crippen LogP contribution in [0.4, 0.5) is 15.8 Å². The van der Waals surface area contributed by atoms with Gasteiger partial charge in [0.1, 0.15) is 5.82 Å². The molecule has 0 aliphatic carbocycles. The summed E-state index contributed by atoms with van der Waals surface area (Å²) < 4.78 is 13.6. The maximum absolute atomic E-state index is 13.6. The van der Waals surface area contributed by atoms with Gasteiger partial charge in [0.2, 0.25) is 0 Å². The number of nitrogen functional groups attached to an aromatic ring is 1. The van der Waals surface area contributed by atoms with Gasteiger partial charge in [0.25, 0.3) is 5.91 Å². The molecule has 2 aromatic rings. The standard InChI is InChI=1S/C15H15FN2O/c1-9-4-3-5-10(2)14(9)15(19)18-13-8-11(17)6-7-12(13)16/h3-8H,17H2,1-2H3,(H,18,19). The SMILES string of the molecule is Cc1cccc(C)c1C(=O)Nc1cc(N)ccc1F. The van der Waals surface area contributed by atoms with E-state index < -0.39 is 5.82 Å². The van der Waals surface area contributed by atoms with Crippen LogP contribution in [0.2, 0.25) is 0 Å². The number of hydrogen-bond donors (Lipinski definition) is 2. The van der Waals surface area contributed by atoms with E-state index in [2.05, 4.69) is 5.32 Å². The Morgan fingerprint density at radius 1 is 1.16 bits per heavy atom. The highest BCUT2D eigenvalue weighted by atomic mass is 19.1. The summed E-state index contributed by atoms with van der Waals surface area (Å²) in [5.41, 5.74) is 8.33. The minimum atomic E-state index is -0.506. The van der Waals surface area contributed by atoms with Crippen LogP contribution in [0.3, 0.4) is 0 Å². The molecule has 0 heterocycles. The molecule has 0 spiro atoms. The molecule has 0 atom stereocenters. The molecular formula is C15H15FN2O. The second-order valence-electron chi connectivity index (χ2n) is 4.46. The van der Waals surface area contributed by atoms with E-state index in [0.29, 0.717) is 11.3 Å². The summed E-state index contributed by atoms with van der Waals surface area (Å²) in [5, 5.41) is 2.56. The van der Waals surface area contributed by atoms with E-state index in [4.69, 9.17) is 5.73 Å². The van der Waals surface area contributed by atoms with Crippen LogP contribution >= 0.6 is 0 Å². The fraction of sp³-hybridized carbons (Fsp3) is 0.133. The maximum atomic E-state index is 13.6. The van der Waals surface area contributed by atoms with E-state index in [1.807, 2.05) is 32.0 Å². The van der Waals surface area contributed by atoms with Crippen molar-refractivity contribution in [3.63, 3.8) is 0 Å². The number of aryl methyl sites for hydroxylation is 2. The van der Waals surface area contributed by atoms with Crippen molar-refractivity contribution in [2.75, 3.05) is 11.1 Å². The average Bonchev–Trinajstić information content (AvgIpc) is 2.33. The molecule has 0 saturated heterocycles. The lowest BCUT2D eigenvalue weighted by atomic mass is 10.0. The van der Waals surface area contributed by atoms with E-state index in [1.165, 1.54) is 18.2 Å². The number of benzene rings is 2. The van der Waals surface area contributed by atoms with Crippen LogP contribution in [0.25, 0.3) is 0 Å². The van der Waals surface area contributed by atoms with Crippen LogP contribution in [0.5, 0.6) is 0 Å². The molecule has 2 rings (SSSR count). The molecule has 3 nitrogen and oxygen atoms in total. The van der Waals surface area contributed by atoms with Crippen molar-refractivity contribution in [1.29, 1.82) is 0 Å². The van der Waals surface area contributed by atoms with Gasteiger partial charge in [-0.15, -0.1) is 0 Å². The summed E-state index contributed by atoms with van der Waals surface area (Å²) in [5.74, 6) is -0.839. The van der Waals surface area contributed by atoms with Gasteiger partial charge in [0.15, 0.2) is 0 Å². The summed E-state index contributed by atoms with van der Waals surface area (Å²) in [4.78, 5) is 12.2. The molecule has 1 amide bonds. The third kappa shape index (κ3) is 2.73. The molecule has 0 aliphatic rings. The number of hydrogen-bond acceptors (Lipinski definition) is 2. The van der Waals surface area contributed by atoms with E-state index in [0.717, 1.165) is 11.1 Å². The molecule has 0 unspecified atom stereocenters. The Hall–Kier alpha value is -2.36. The number of carbonyl (C=O) groups excluding carboxylic acids is 1. The Balaban J connectivity index is 2.34. The predicted octanol–water partition coefficient (Wildman–Crippen LogP) is 3.28. The minimum Gasteiger partial charge on any atom is -0.399 e. The molecule has 0 aromatic heterocycles. The Bertz CT molecular complexity index is 618. The third-order valence-electron chi connectivity index (χ3n) is 2.95. The van der Waals surface area contributed by atoms with Gasteiger partial charge in [-0.25, -0.2) is 4.39 Å². The van der Waals surface area contributed by atoms with Crippen LogP contribution in [-0.2, 0) is 0 Å². The second-order valence-corrected chi connectivity index (χ2v) is 4.46. The van der Waals surface area contributed by atoms with Crippen molar-refractivity contribution in [1.82, 2.24) is 0 Å². The molecule has 0 bridgehead atoms. The molecule has 0 radical (unpaired) electrons. The molecule has 3 N–H and O–H groups in total. The summed E-state index contributed by atoms with van der Waals surface area (Å²) in [6.45, 7) is 3.69. The smallest absolute Gasteiger partial charge is 0.256 e. The third-order valence-corrected chi connectivity index (χ3v) is 2.95. The molecule has 0 aliphatic heterocycles. The largest absolute Gasteiger partial charge is 0.399 e. The summed E-state index contributed by atoms with van der Waals surface area (Å²) in [6.07, 6.45) is 0. The van der Waals surface area contributed by atoms with Crippen molar-refractivity contribution in [3.05, 3.63) is 58.9 Å². The van der Waals surface area contributed by atoms with Crippen molar-refractivity contribution in [2.45, 2.75) is 13.8 Å². The summed E-state index contributed by atoms with van der Waals surface area (Å²) >= 11 is 0. The van der Waals surface area contributed by atoms with Crippen LogP contribution in [0.1, 0.15) is 21.5 Å². The molecule has 0 fully saturated rings. The minimum absolute atomic E-state index is 0.0904. The Kier molecular flexibility index (Phi) is 3.51. The number of nitrogens with two attached hydrogens (primary N) is 1. The second kappa shape index (κ2) is 5.10. The lowest BCUT2D eigenvalue weighted by Gasteiger charge is -2.11. The predicted molar refractivity (Wildman–Crippen MR) is 74.7 cm³/mol. The first-order valence-electron chi connectivity index (χ1n) is 5.91. The topological polar surface area (TPSA) is 55.1 Å². The fourth-order valence-corrected chi connectivity index (χ4v) is 2.00. The Morgan fingerprint density at radius 2 is 1.79 bits per heavy atom. The van der Waals surface area contributed by atoms with Crippen molar-refractivity contribution >= 4 is 17.3 Å². The van der Waals surface area contributed by atoms with Gasteiger partial charge in [-0.3, -0.25) is 4.79 Å². The monoisotopic (exact) mass is 258 g/mol. The number of carbonyl (C=O) groups is 1. The number of rotatable bonds is 2. The fourth-order valence-electron chi connectivity index (χ4n) is 2.00. The van der Waals surface area contributed by atoms with Gasteiger partial charge in [0.05, 0.1) is 5.69 Å². The van der Waals surface area contributed by atoms with Crippen LogP contribution < -0.4 is 11.1 Å². The Labute approximate surface area is 111 Å². The number of anilines is 2. The van der Waals surface area contributed by atoms with Crippen LogP contribution in [0.15, 0.2) is 36.4 Å². The Morgan fingerprint density at radius 3 is 2.42 bits per heavy atom. The molecule has 4 heteroatoms. The van der Waals surface area contributed by atoms with E-state index in [9.17, 15) is 9.18 Å². The quantitative estimate of drug-likeness (QED) is 0.812. The van der Waals surface area contributed by atoms with Crippen molar-refractivity contribution in [2.24, 2.45) is 0 Å². The first-order valence-corrected chi connectivity index (χ1v) is 5.91. The van der Waals surface area contributed by atoms with E-state index in [-0.39, 0.29) is 11.6 Å². The van der Waals surface area contributed by atoms with Gasteiger partial charge < -0.3 is 11.1 Å². The molecule has 98 valence electrons. The first kappa shape index (κ1) is 13.1. The number of amides is 1. The van der Waals surface area contributed by atoms with Gasteiger partial charge in [-0.2, -0.15) is 0 Å². The van der Waals surface area contributed by atoms with Gasteiger partial charge in [-0.1, -0.05) is 18.2 Å². The molecular weight excluding hydrogens is 243 g/mol. The number of halogens is 1. The zero-order chi connectivity index (χ0) is 14.0. The molecule has 2 aromatic carbocycles. The highest BCUT2D eigenvalue weighted by Gasteiger charge is 2.13. The highest BCUT2D eigenvalue weighted by Crippen LogP contribution is 2.20. The van der Waals surface area contributed by atoms with Crippen molar-refractivity contribution in [3.8, 4) is 0 Å². The normalized spacial score (nSPS) is 10.3. The summed E-state index contributed by atoms with van der Waals surface area (Å²) in [7, 11) is 0. The lowest BCUT2D eigenvalue weighted by molar-refractivity contribution is 0.102. The average molecular weight is 258 g/mol. The maximum Gasteiger partial charge on any atom is 0.256 e. The van der Waals surface area contributed by atoms with Gasteiger partial charge in [-0.05, 0) is 43.2 Å². The van der Waals surface area contributed by atoms with E-state index in [1.54, 1.807) is 0 Å². The van der Waals surface area contributed by atoms with Crippen LogP contribution in [-0.4, -0.2) is 5.91 Å². The first-order chi connectivity index (χ1) is 8.99. The zero-order valence-corrected chi connectivity index (χ0v) is 10.8. The number of nitrogens with one attached hydrogen (secondary N) is 1. The highest BCUT2D eigenvalue weighted by molar-refractivity contribution is 6.06.